The van der Waals surface area contributed by atoms with Crippen LogP contribution in [-0.2, 0) is 11.2 Å². The van der Waals surface area contributed by atoms with Crippen LogP contribution < -0.4 is 4.74 Å². The predicted molar refractivity (Wildman–Crippen MR) is 78.5 cm³/mol. The van der Waals surface area contributed by atoms with Crippen molar-refractivity contribution in [1.29, 1.82) is 0 Å². The highest BCUT2D eigenvalue weighted by Gasteiger charge is 2.23. The van der Waals surface area contributed by atoms with Crippen molar-refractivity contribution < 1.29 is 14.6 Å². The van der Waals surface area contributed by atoms with Crippen molar-refractivity contribution in [3.8, 4) is 5.88 Å². The number of aromatic nitrogens is 2. The van der Waals surface area contributed by atoms with Crippen LogP contribution in [0, 0.1) is 6.92 Å². The van der Waals surface area contributed by atoms with Gasteiger partial charge in [0, 0.05) is 12.3 Å². The molecule has 2 rings (SSSR count). The number of aryl methyl sites for hydroxylation is 1. The van der Waals surface area contributed by atoms with Crippen molar-refractivity contribution in [2.75, 3.05) is 6.61 Å². The van der Waals surface area contributed by atoms with E-state index in [0.717, 1.165) is 11.1 Å². The van der Waals surface area contributed by atoms with E-state index < -0.39 is 11.9 Å². The molecule has 0 aliphatic rings. The van der Waals surface area contributed by atoms with Crippen LogP contribution in [0.15, 0.2) is 36.5 Å². The zero-order valence-electron chi connectivity index (χ0n) is 12.1. The minimum absolute atomic E-state index is 0.273. The summed E-state index contributed by atoms with van der Waals surface area (Å²) in [7, 11) is 0. The third-order valence-corrected chi connectivity index (χ3v) is 3.07. The largest absolute Gasteiger partial charge is 0.481 e. The predicted octanol–water partition coefficient (Wildman–Crippen LogP) is 2.59. The lowest BCUT2D eigenvalue weighted by molar-refractivity contribution is -0.139. The van der Waals surface area contributed by atoms with Crippen molar-refractivity contribution in [2.24, 2.45) is 0 Å². The monoisotopic (exact) mass is 286 g/mol. The van der Waals surface area contributed by atoms with Gasteiger partial charge in [0.25, 0.3) is 0 Å². The third kappa shape index (κ3) is 4.02. The topological polar surface area (TPSA) is 72.3 Å². The SMILES string of the molecule is CCOc1ccnc(C(Cc2cccc(C)c2)C(=O)O)n1. The van der Waals surface area contributed by atoms with E-state index in [2.05, 4.69) is 9.97 Å². The Hall–Kier alpha value is -2.43. The van der Waals surface area contributed by atoms with Crippen LogP contribution in [0.3, 0.4) is 0 Å². The molecule has 1 N–H and O–H groups in total. The molecule has 0 saturated heterocycles. The van der Waals surface area contributed by atoms with Crippen LogP contribution in [0.1, 0.15) is 29.8 Å². The molecule has 0 saturated carbocycles. The molecule has 5 nitrogen and oxygen atoms in total. The zero-order chi connectivity index (χ0) is 15.2. The van der Waals surface area contributed by atoms with E-state index in [4.69, 9.17) is 4.74 Å². The van der Waals surface area contributed by atoms with Crippen molar-refractivity contribution >= 4 is 5.97 Å². The maximum absolute atomic E-state index is 11.5. The molecule has 0 aliphatic carbocycles. The smallest absolute Gasteiger partial charge is 0.314 e. The molecule has 110 valence electrons. The Morgan fingerprint density at radius 1 is 1.38 bits per heavy atom. The number of hydrogen-bond acceptors (Lipinski definition) is 4. The van der Waals surface area contributed by atoms with Gasteiger partial charge in [0.2, 0.25) is 5.88 Å². The summed E-state index contributed by atoms with van der Waals surface area (Å²) in [5.41, 5.74) is 2.05. The molecule has 0 aliphatic heterocycles. The summed E-state index contributed by atoms with van der Waals surface area (Å²) >= 11 is 0. The third-order valence-electron chi connectivity index (χ3n) is 3.07. The van der Waals surface area contributed by atoms with Crippen LogP contribution >= 0.6 is 0 Å². The van der Waals surface area contributed by atoms with Crippen LogP contribution in [0.25, 0.3) is 0 Å². The summed E-state index contributed by atoms with van der Waals surface area (Å²) in [6.45, 7) is 4.31. The Balaban J connectivity index is 2.26. The molecule has 0 amide bonds. The van der Waals surface area contributed by atoms with Crippen molar-refractivity contribution in [3.63, 3.8) is 0 Å². The molecule has 1 unspecified atom stereocenters. The number of carboxylic acids is 1. The molecule has 5 heteroatoms. The lowest BCUT2D eigenvalue weighted by atomic mass is 9.97. The quantitative estimate of drug-likeness (QED) is 0.883. The molecular formula is C16H18N2O3. The molecule has 21 heavy (non-hydrogen) atoms. The van der Waals surface area contributed by atoms with Gasteiger partial charge in [-0.15, -0.1) is 0 Å². The first kappa shape index (κ1) is 15.0. The van der Waals surface area contributed by atoms with Crippen molar-refractivity contribution in [1.82, 2.24) is 9.97 Å². The second-order valence-electron chi connectivity index (χ2n) is 4.77. The van der Waals surface area contributed by atoms with E-state index in [-0.39, 0.29) is 5.82 Å². The Morgan fingerprint density at radius 2 is 2.19 bits per heavy atom. The molecule has 1 atom stereocenters. The maximum Gasteiger partial charge on any atom is 0.314 e. The molecule has 0 radical (unpaired) electrons. The highest BCUT2D eigenvalue weighted by atomic mass is 16.5. The molecule has 0 spiro atoms. The first-order valence-electron chi connectivity index (χ1n) is 6.84. The zero-order valence-corrected chi connectivity index (χ0v) is 12.1. The van der Waals surface area contributed by atoms with E-state index in [0.29, 0.717) is 18.9 Å². The number of nitrogens with zero attached hydrogens (tertiary/aromatic N) is 2. The fourth-order valence-electron chi connectivity index (χ4n) is 2.12. The second kappa shape index (κ2) is 6.83. The Labute approximate surface area is 123 Å². The van der Waals surface area contributed by atoms with E-state index in [9.17, 15) is 9.90 Å². The number of carbonyl (C=O) groups is 1. The summed E-state index contributed by atoms with van der Waals surface area (Å²) in [6.07, 6.45) is 1.88. The summed E-state index contributed by atoms with van der Waals surface area (Å²) in [5, 5.41) is 9.46. The number of ether oxygens (including phenoxy) is 1. The van der Waals surface area contributed by atoms with E-state index in [1.807, 2.05) is 38.1 Å². The maximum atomic E-state index is 11.5. The van der Waals surface area contributed by atoms with Crippen molar-refractivity contribution in [2.45, 2.75) is 26.2 Å². The average Bonchev–Trinajstić information content (AvgIpc) is 2.45. The molecule has 0 bridgehead atoms. The van der Waals surface area contributed by atoms with Gasteiger partial charge in [0.15, 0.2) is 0 Å². The van der Waals surface area contributed by atoms with Gasteiger partial charge >= 0.3 is 5.97 Å². The molecule has 1 heterocycles. The van der Waals surface area contributed by atoms with Gasteiger partial charge in [-0.1, -0.05) is 29.8 Å². The summed E-state index contributed by atoms with van der Waals surface area (Å²) in [5.74, 6) is -1.05. The van der Waals surface area contributed by atoms with Gasteiger partial charge in [0.05, 0.1) is 6.61 Å². The van der Waals surface area contributed by atoms with Crippen molar-refractivity contribution in [3.05, 3.63) is 53.5 Å². The minimum Gasteiger partial charge on any atom is -0.481 e. The van der Waals surface area contributed by atoms with Crippen LogP contribution in [0.4, 0.5) is 0 Å². The Morgan fingerprint density at radius 3 is 2.86 bits per heavy atom. The van der Waals surface area contributed by atoms with E-state index in [1.54, 1.807) is 6.07 Å². The van der Waals surface area contributed by atoms with Crippen LogP contribution in [-0.4, -0.2) is 27.7 Å². The number of benzene rings is 1. The average molecular weight is 286 g/mol. The lowest BCUT2D eigenvalue weighted by Gasteiger charge is -2.12. The number of hydrogen-bond donors (Lipinski definition) is 1. The van der Waals surface area contributed by atoms with Gasteiger partial charge < -0.3 is 9.84 Å². The standard InChI is InChI=1S/C16H18N2O3/c1-3-21-14-7-8-17-15(18-14)13(16(19)20)10-12-6-4-5-11(2)9-12/h4-9,13H,3,10H2,1-2H3,(H,19,20). The molecule has 1 aromatic heterocycles. The summed E-state index contributed by atoms with van der Waals surface area (Å²) in [6, 6.07) is 9.41. The highest BCUT2D eigenvalue weighted by molar-refractivity contribution is 5.75. The highest BCUT2D eigenvalue weighted by Crippen LogP contribution is 2.20. The van der Waals surface area contributed by atoms with Gasteiger partial charge in [-0.25, -0.2) is 4.98 Å². The van der Waals surface area contributed by atoms with Crippen LogP contribution in [0.5, 0.6) is 5.88 Å². The van der Waals surface area contributed by atoms with Gasteiger partial charge in [-0.2, -0.15) is 4.98 Å². The van der Waals surface area contributed by atoms with E-state index in [1.165, 1.54) is 6.20 Å². The van der Waals surface area contributed by atoms with Gasteiger partial charge in [0.1, 0.15) is 11.7 Å². The Kier molecular flexibility index (Phi) is 4.87. The summed E-state index contributed by atoms with van der Waals surface area (Å²) in [4.78, 5) is 19.8. The van der Waals surface area contributed by atoms with Gasteiger partial charge in [-0.05, 0) is 25.8 Å². The second-order valence-corrected chi connectivity index (χ2v) is 4.77. The van der Waals surface area contributed by atoms with Gasteiger partial charge in [-0.3, -0.25) is 4.79 Å². The first-order valence-corrected chi connectivity index (χ1v) is 6.84. The summed E-state index contributed by atoms with van der Waals surface area (Å²) < 4.78 is 5.30. The Bertz CT molecular complexity index is 628. The molecule has 2 aromatic rings. The van der Waals surface area contributed by atoms with E-state index >= 15 is 0 Å². The molecule has 1 aromatic carbocycles. The first-order chi connectivity index (χ1) is 10.1. The lowest BCUT2D eigenvalue weighted by Crippen LogP contribution is -2.17. The number of carboxylic acid groups (broad SMARTS) is 1. The number of rotatable bonds is 6. The van der Waals surface area contributed by atoms with Crippen LogP contribution in [0.2, 0.25) is 0 Å². The normalized spacial score (nSPS) is 11.9. The molecule has 0 fully saturated rings. The molecular weight excluding hydrogens is 268 g/mol. The fraction of sp³-hybridized carbons (Fsp3) is 0.312. The fourth-order valence-corrected chi connectivity index (χ4v) is 2.12. The minimum atomic E-state index is -0.940. The number of aliphatic carboxylic acids is 1.